The number of alkyl halides is 3. The number of halogens is 3. The summed E-state index contributed by atoms with van der Waals surface area (Å²) >= 11 is 1.21. The highest BCUT2D eigenvalue weighted by molar-refractivity contribution is 7.13. The van der Waals surface area contributed by atoms with Crippen molar-refractivity contribution in [3.63, 3.8) is 0 Å². The lowest BCUT2D eigenvalue weighted by Gasteiger charge is -2.32. The fraction of sp³-hybridized carbons (Fsp3) is 0.371. The molecule has 3 aromatic heterocycles. The van der Waals surface area contributed by atoms with Crippen LogP contribution in [0, 0.1) is 5.92 Å². The summed E-state index contributed by atoms with van der Waals surface area (Å²) in [6, 6.07) is 9.90. The van der Waals surface area contributed by atoms with E-state index in [1.165, 1.54) is 17.4 Å². The first-order chi connectivity index (χ1) is 21.4. The number of likely N-dealkylation sites (tertiary alicyclic amines) is 1. The van der Waals surface area contributed by atoms with Gasteiger partial charge in [-0.05, 0) is 80.9 Å². The Hall–Kier alpha value is -4.05. The van der Waals surface area contributed by atoms with E-state index in [4.69, 9.17) is 0 Å². The fourth-order valence-corrected chi connectivity index (χ4v) is 6.72. The van der Waals surface area contributed by atoms with Gasteiger partial charge in [0.15, 0.2) is 0 Å². The van der Waals surface area contributed by atoms with Gasteiger partial charge < -0.3 is 4.90 Å². The Labute approximate surface area is 265 Å². The molecule has 0 unspecified atom stereocenters. The Morgan fingerprint density at radius 1 is 1.11 bits per heavy atom. The Kier molecular flexibility index (Phi) is 9.44. The topological polar surface area (TPSA) is 68.1 Å². The van der Waals surface area contributed by atoms with E-state index in [9.17, 15) is 22.8 Å². The van der Waals surface area contributed by atoms with Crippen molar-refractivity contribution in [3.05, 3.63) is 92.0 Å². The number of hydrogen-bond donors (Lipinski definition) is 0. The number of rotatable bonds is 7. The SMILES string of the molecule is CCc1cccc(CC)c1-n1c(C=C(C)C)c(C(=O)N2CCC[C@H](C)C2)cc(-c2nc(-c3ccc(C(F)(F)F)nc3)cs2)c1=O. The summed E-state index contributed by atoms with van der Waals surface area (Å²) in [5.41, 5.74) is 4.39. The lowest BCUT2D eigenvalue weighted by molar-refractivity contribution is -0.141. The van der Waals surface area contributed by atoms with E-state index in [0.717, 1.165) is 47.5 Å². The van der Waals surface area contributed by atoms with Crippen LogP contribution in [0.2, 0.25) is 0 Å². The normalized spacial score (nSPS) is 15.3. The van der Waals surface area contributed by atoms with Gasteiger partial charge >= 0.3 is 6.18 Å². The van der Waals surface area contributed by atoms with Crippen LogP contribution >= 0.6 is 11.3 Å². The predicted molar refractivity (Wildman–Crippen MR) is 174 cm³/mol. The molecule has 1 aliphatic rings. The molecule has 0 spiro atoms. The number of piperidine rings is 1. The fourth-order valence-electron chi connectivity index (χ4n) is 5.88. The van der Waals surface area contributed by atoms with Crippen LogP contribution in [0.5, 0.6) is 0 Å². The first-order valence-corrected chi connectivity index (χ1v) is 16.2. The Balaban J connectivity index is 1.77. The highest BCUT2D eigenvalue weighted by atomic mass is 32.1. The van der Waals surface area contributed by atoms with Gasteiger partial charge in [0.05, 0.1) is 28.2 Å². The molecule has 0 saturated carbocycles. The standard InChI is InChI=1S/C35H37F3N4O2S/c1-6-23-11-8-12-24(7-2)31(23)42-29(16-21(3)4)26(33(43)41-15-9-10-22(5)19-41)17-27(34(42)44)32-40-28(20-45-32)25-13-14-30(39-18-25)35(36,37)38/h8,11-14,16-18,20,22H,6-7,9-10,15,19H2,1-5H3/t22-/m0/s1. The third-order valence-electron chi connectivity index (χ3n) is 8.11. The molecule has 10 heteroatoms. The lowest BCUT2D eigenvalue weighted by Crippen LogP contribution is -2.40. The van der Waals surface area contributed by atoms with Crippen molar-refractivity contribution in [1.82, 2.24) is 19.4 Å². The molecule has 1 aromatic carbocycles. The number of para-hydroxylation sites is 1. The van der Waals surface area contributed by atoms with Gasteiger partial charge in [-0.1, -0.05) is 44.5 Å². The molecule has 4 aromatic rings. The number of aryl methyl sites for hydroxylation is 2. The van der Waals surface area contributed by atoms with Gasteiger partial charge in [0.1, 0.15) is 10.7 Å². The molecule has 1 fully saturated rings. The van der Waals surface area contributed by atoms with E-state index < -0.39 is 11.9 Å². The van der Waals surface area contributed by atoms with Crippen molar-refractivity contribution in [2.24, 2.45) is 5.92 Å². The maximum atomic E-state index is 14.7. The third-order valence-corrected chi connectivity index (χ3v) is 8.99. The van der Waals surface area contributed by atoms with Gasteiger partial charge in [-0.15, -0.1) is 11.3 Å². The van der Waals surface area contributed by atoms with Crippen LogP contribution in [0.4, 0.5) is 13.2 Å². The molecular formula is C35H37F3N4O2S. The highest BCUT2D eigenvalue weighted by Gasteiger charge is 2.32. The number of benzene rings is 1. The minimum absolute atomic E-state index is 0.139. The summed E-state index contributed by atoms with van der Waals surface area (Å²) in [6.07, 6.45) is 1.82. The maximum Gasteiger partial charge on any atom is 0.433 e. The Morgan fingerprint density at radius 2 is 1.82 bits per heavy atom. The zero-order valence-corrected chi connectivity index (χ0v) is 27.0. The predicted octanol–water partition coefficient (Wildman–Crippen LogP) is 8.46. The molecular weight excluding hydrogens is 597 g/mol. The van der Waals surface area contributed by atoms with E-state index in [-0.39, 0.29) is 17.0 Å². The zero-order chi connectivity index (χ0) is 32.5. The molecule has 1 saturated heterocycles. The summed E-state index contributed by atoms with van der Waals surface area (Å²) in [6.45, 7) is 11.4. The number of carbonyl (C=O) groups excluding carboxylic acids is 1. The minimum Gasteiger partial charge on any atom is -0.338 e. The van der Waals surface area contributed by atoms with E-state index in [1.807, 2.05) is 56.9 Å². The van der Waals surface area contributed by atoms with Crippen molar-refractivity contribution in [3.8, 4) is 27.5 Å². The van der Waals surface area contributed by atoms with Gasteiger partial charge in [0.25, 0.3) is 11.5 Å². The second-order valence-electron chi connectivity index (χ2n) is 11.8. The maximum absolute atomic E-state index is 14.7. The molecule has 0 aliphatic carbocycles. The Morgan fingerprint density at radius 3 is 2.40 bits per heavy atom. The number of hydrogen-bond acceptors (Lipinski definition) is 5. The van der Waals surface area contributed by atoms with Crippen LogP contribution in [0.25, 0.3) is 33.6 Å². The number of allylic oxidation sites excluding steroid dienone is 1. The van der Waals surface area contributed by atoms with Crippen LogP contribution < -0.4 is 5.56 Å². The number of pyridine rings is 2. The monoisotopic (exact) mass is 634 g/mol. The van der Waals surface area contributed by atoms with Crippen molar-refractivity contribution >= 4 is 23.3 Å². The van der Waals surface area contributed by atoms with Crippen LogP contribution in [0.3, 0.4) is 0 Å². The number of aromatic nitrogens is 3. The third kappa shape index (κ3) is 6.66. The van der Waals surface area contributed by atoms with Crippen molar-refractivity contribution in [2.45, 2.75) is 66.5 Å². The van der Waals surface area contributed by atoms with Crippen molar-refractivity contribution in [2.75, 3.05) is 13.1 Å². The molecule has 0 bridgehead atoms. The average molecular weight is 635 g/mol. The van der Waals surface area contributed by atoms with E-state index in [1.54, 1.807) is 16.0 Å². The quantitative estimate of drug-likeness (QED) is 0.205. The molecule has 0 N–H and O–H groups in total. The number of nitrogens with zero attached hydrogens (tertiary/aromatic N) is 4. The summed E-state index contributed by atoms with van der Waals surface area (Å²) in [5.74, 6) is 0.228. The van der Waals surface area contributed by atoms with Gasteiger partial charge in [-0.25, -0.2) is 4.98 Å². The summed E-state index contributed by atoms with van der Waals surface area (Å²) < 4.78 is 41.0. The van der Waals surface area contributed by atoms with E-state index >= 15 is 0 Å². The largest absolute Gasteiger partial charge is 0.433 e. The molecule has 0 radical (unpaired) electrons. The summed E-state index contributed by atoms with van der Waals surface area (Å²) in [7, 11) is 0. The Bertz CT molecular complexity index is 1780. The van der Waals surface area contributed by atoms with Crippen molar-refractivity contribution < 1.29 is 18.0 Å². The number of thiazole rings is 1. The first-order valence-electron chi connectivity index (χ1n) is 15.3. The lowest BCUT2D eigenvalue weighted by atomic mass is 9.97. The first kappa shape index (κ1) is 32.3. The van der Waals surface area contributed by atoms with Crippen LogP contribution in [0.15, 0.2) is 58.3 Å². The van der Waals surface area contributed by atoms with E-state index in [0.29, 0.717) is 59.4 Å². The van der Waals surface area contributed by atoms with Gasteiger partial charge in [0, 0.05) is 30.2 Å². The smallest absolute Gasteiger partial charge is 0.338 e. The molecule has 45 heavy (non-hydrogen) atoms. The second kappa shape index (κ2) is 13.1. The van der Waals surface area contributed by atoms with Crippen LogP contribution in [-0.4, -0.2) is 38.4 Å². The highest BCUT2D eigenvalue weighted by Crippen LogP contribution is 2.33. The minimum atomic E-state index is -4.55. The average Bonchev–Trinajstić information content (AvgIpc) is 3.50. The molecule has 4 heterocycles. The molecule has 236 valence electrons. The van der Waals surface area contributed by atoms with Crippen molar-refractivity contribution in [1.29, 1.82) is 0 Å². The molecule has 1 amide bonds. The molecule has 1 atom stereocenters. The van der Waals surface area contributed by atoms with Gasteiger partial charge in [-0.2, -0.15) is 13.2 Å². The number of carbonyl (C=O) groups is 1. The summed E-state index contributed by atoms with van der Waals surface area (Å²) in [5, 5.41) is 2.07. The number of amides is 1. The molecule has 5 rings (SSSR count). The van der Waals surface area contributed by atoms with Gasteiger partial charge in [0.2, 0.25) is 0 Å². The van der Waals surface area contributed by atoms with Crippen LogP contribution in [-0.2, 0) is 19.0 Å². The van der Waals surface area contributed by atoms with E-state index in [2.05, 4.69) is 16.9 Å². The molecule has 1 aliphatic heterocycles. The van der Waals surface area contributed by atoms with Gasteiger partial charge in [-0.3, -0.25) is 19.1 Å². The zero-order valence-electron chi connectivity index (χ0n) is 26.2. The second-order valence-corrected chi connectivity index (χ2v) is 12.7. The summed E-state index contributed by atoms with van der Waals surface area (Å²) in [4.78, 5) is 39.1. The van der Waals surface area contributed by atoms with Crippen LogP contribution in [0.1, 0.15) is 80.3 Å². The molecule has 6 nitrogen and oxygen atoms in total.